The van der Waals surface area contributed by atoms with Gasteiger partial charge in [0.1, 0.15) is 11.9 Å². The lowest BCUT2D eigenvalue weighted by Crippen LogP contribution is -2.42. The number of benzene rings is 1. The molecular weight excluding hydrogens is 211 g/mol. The predicted molar refractivity (Wildman–Crippen MR) is 57.3 cm³/mol. The zero-order chi connectivity index (χ0) is 12.3. The summed E-state index contributed by atoms with van der Waals surface area (Å²) in [6.45, 7) is 3.15. The molecule has 3 N–H and O–H groups in total. The summed E-state index contributed by atoms with van der Waals surface area (Å²) in [4.78, 5) is 22.4. The third-order valence-corrected chi connectivity index (χ3v) is 2.22. The molecule has 1 rings (SSSR count). The standard InChI is InChI=1S/C11H13FN2O2/c1-6-3-4-8(12)5-9(6)11(16)14-7(2)10(13)15/h3-5,7H,1-2H3,(H2,13,15)(H,14,16)/t7-/m0/s1. The summed E-state index contributed by atoms with van der Waals surface area (Å²) in [5.41, 5.74) is 5.84. The van der Waals surface area contributed by atoms with Crippen LogP contribution in [-0.2, 0) is 4.79 Å². The first-order chi connectivity index (χ1) is 7.41. The molecule has 0 fully saturated rings. The van der Waals surface area contributed by atoms with Crippen LogP contribution in [0.5, 0.6) is 0 Å². The van der Waals surface area contributed by atoms with E-state index in [0.717, 1.165) is 6.07 Å². The van der Waals surface area contributed by atoms with Gasteiger partial charge in [0.2, 0.25) is 5.91 Å². The Labute approximate surface area is 92.6 Å². The highest BCUT2D eigenvalue weighted by atomic mass is 19.1. The second kappa shape index (κ2) is 4.74. The molecule has 0 saturated heterocycles. The number of nitrogens with two attached hydrogens (primary N) is 1. The highest BCUT2D eigenvalue weighted by molar-refractivity contribution is 5.98. The number of carbonyl (C=O) groups is 2. The number of amides is 2. The maximum absolute atomic E-state index is 12.9. The number of primary amides is 1. The average molecular weight is 224 g/mol. The van der Waals surface area contributed by atoms with E-state index in [9.17, 15) is 14.0 Å². The summed E-state index contributed by atoms with van der Waals surface area (Å²) in [7, 11) is 0. The molecular formula is C11H13FN2O2. The Morgan fingerprint density at radius 1 is 1.44 bits per heavy atom. The summed E-state index contributed by atoms with van der Waals surface area (Å²) in [5.74, 6) is -1.65. The fourth-order valence-electron chi connectivity index (χ4n) is 1.18. The fraction of sp³-hybridized carbons (Fsp3) is 0.273. The van der Waals surface area contributed by atoms with Crippen molar-refractivity contribution in [1.82, 2.24) is 5.32 Å². The number of hydrogen-bond donors (Lipinski definition) is 2. The highest BCUT2D eigenvalue weighted by Crippen LogP contribution is 2.10. The van der Waals surface area contributed by atoms with E-state index in [0.29, 0.717) is 5.56 Å². The molecule has 86 valence electrons. The second-order valence-electron chi connectivity index (χ2n) is 3.56. The number of halogens is 1. The maximum Gasteiger partial charge on any atom is 0.252 e. The van der Waals surface area contributed by atoms with Gasteiger partial charge in [-0.25, -0.2) is 4.39 Å². The van der Waals surface area contributed by atoms with Crippen molar-refractivity contribution < 1.29 is 14.0 Å². The zero-order valence-corrected chi connectivity index (χ0v) is 9.08. The normalized spacial score (nSPS) is 11.9. The first-order valence-corrected chi connectivity index (χ1v) is 4.78. The van der Waals surface area contributed by atoms with Crippen molar-refractivity contribution in [2.24, 2.45) is 5.73 Å². The Morgan fingerprint density at radius 2 is 2.06 bits per heavy atom. The van der Waals surface area contributed by atoms with Crippen LogP contribution in [0.25, 0.3) is 0 Å². The Kier molecular flexibility index (Phi) is 3.60. The minimum Gasteiger partial charge on any atom is -0.368 e. The average Bonchev–Trinajstić information content (AvgIpc) is 2.21. The lowest BCUT2D eigenvalue weighted by molar-refractivity contribution is -0.119. The molecule has 0 aliphatic heterocycles. The van der Waals surface area contributed by atoms with Gasteiger partial charge in [0.05, 0.1) is 0 Å². The van der Waals surface area contributed by atoms with Crippen LogP contribution in [-0.4, -0.2) is 17.9 Å². The van der Waals surface area contributed by atoms with Crippen LogP contribution in [0.4, 0.5) is 4.39 Å². The minimum absolute atomic E-state index is 0.202. The summed E-state index contributed by atoms with van der Waals surface area (Å²) in [5, 5.41) is 2.38. The molecule has 2 amide bonds. The van der Waals surface area contributed by atoms with Crippen LogP contribution in [0.1, 0.15) is 22.8 Å². The number of hydrogen-bond acceptors (Lipinski definition) is 2. The number of nitrogens with one attached hydrogen (secondary N) is 1. The molecule has 0 bridgehead atoms. The monoisotopic (exact) mass is 224 g/mol. The summed E-state index contributed by atoms with van der Waals surface area (Å²) < 4.78 is 12.9. The number of carbonyl (C=O) groups excluding carboxylic acids is 2. The molecule has 0 radical (unpaired) electrons. The molecule has 0 heterocycles. The smallest absolute Gasteiger partial charge is 0.252 e. The summed E-state index contributed by atoms with van der Waals surface area (Å²) in [6.07, 6.45) is 0. The lowest BCUT2D eigenvalue weighted by atomic mass is 10.1. The SMILES string of the molecule is Cc1ccc(F)cc1C(=O)N[C@@H](C)C(N)=O. The van der Waals surface area contributed by atoms with E-state index < -0.39 is 23.7 Å². The molecule has 1 atom stereocenters. The van der Waals surface area contributed by atoms with Gasteiger partial charge in [-0.15, -0.1) is 0 Å². The van der Waals surface area contributed by atoms with Crippen molar-refractivity contribution in [3.05, 3.63) is 35.1 Å². The van der Waals surface area contributed by atoms with Gasteiger partial charge < -0.3 is 11.1 Å². The lowest BCUT2D eigenvalue weighted by Gasteiger charge is -2.11. The van der Waals surface area contributed by atoms with Gasteiger partial charge in [-0.05, 0) is 31.5 Å². The zero-order valence-electron chi connectivity index (χ0n) is 9.08. The van der Waals surface area contributed by atoms with Gasteiger partial charge in [-0.3, -0.25) is 9.59 Å². The first kappa shape index (κ1) is 12.2. The van der Waals surface area contributed by atoms with E-state index in [4.69, 9.17) is 5.73 Å². The van der Waals surface area contributed by atoms with Crippen molar-refractivity contribution in [3.8, 4) is 0 Å². The molecule has 0 aliphatic carbocycles. The van der Waals surface area contributed by atoms with Crippen LogP contribution >= 0.6 is 0 Å². The van der Waals surface area contributed by atoms with E-state index in [1.165, 1.54) is 19.1 Å². The Morgan fingerprint density at radius 3 is 2.62 bits per heavy atom. The van der Waals surface area contributed by atoms with Gasteiger partial charge in [0.15, 0.2) is 0 Å². The van der Waals surface area contributed by atoms with E-state index >= 15 is 0 Å². The largest absolute Gasteiger partial charge is 0.368 e. The molecule has 0 unspecified atom stereocenters. The van der Waals surface area contributed by atoms with Crippen molar-refractivity contribution in [3.63, 3.8) is 0 Å². The molecule has 0 aromatic heterocycles. The molecule has 1 aromatic carbocycles. The molecule has 0 saturated carbocycles. The first-order valence-electron chi connectivity index (χ1n) is 4.78. The molecule has 1 aromatic rings. The van der Waals surface area contributed by atoms with Crippen LogP contribution < -0.4 is 11.1 Å². The van der Waals surface area contributed by atoms with Crippen molar-refractivity contribution in [1.29, 1.82) is 0 Å². The van der Waals surface area contributed by atoms with Crippen LogP contribution in [0.15, 0.2) is 18.2 Å². The second-order valence-corrected chi connectivity index (χ2v) is 3.56. The quantitative estimate of drug-likeness (QED) is 0.794. The molecule has 4 nitrogen and oxygen atoms in total. The third kappa shape index (κ3) is 2.79. The van der Waals surface area contributed by atoms with E-state index in [-0.39, 0.29) is 5.56 Å². The van der Waals surface area contributed by atoms with Crippen LogP contribution in [0.3, 0.4) is 0 Å². The third-order valence-electron chi connectivity index (χ3n) is 2.22. The van der Waals surface area contributed by atoms with Gasteiger partial charge in [0.25, 0.3) is 5.91 Å². The van der Waals surface area contributed by atoms with Gasteiger partial charge in [-0.1, -0.05) is 6.07 Å². The molecule has 16 heavy (non-hydrogen) atoms. The Bertz CT molecular complexity index is 432. The summed E-state index contributed by atoms with van der Waals surface area (Å²) in [6, 6.07) is 3.11. The van der Waals surface area contributed by atoms with E-state index in [1.807, 2.05) is 0 Å². The van der Waals surface area contributed by atoms with Gasteiger partial charge in [-0.2, -0.15) is 0 Å². The van der Waals surface area contributed by atoms with Crippen LogP contribution in [0, 0.1) is 12.7 Å². The van der Waals surface area contributed by atoms with Crippen molar-refractivity contribution in [2.45, 2.75) is 19.9 Å². The number of aryl methyl sites for hydroxylation is 1. The van der Waals surface area contributed by atoms with Crippen molar-refractivity contribution >= 4 is 11.8 Å². The Balaban J connectivity index is 2.88. The minimum atomic E-state index is -0.782. The highest BCUT2D eigenvalue weighted by Gasteiger charge is 2.15. The molecule has 0 spiro atoms. The molecule has 0 aliphatic rings. The van der Waals surface area contributed by atoms with Gasteiger partial charge >= 0.3 is 0 Å². The van der Waals surface area contributed by atoms with Crippen molar-refractivity contribution in [2.75, 3.05) is 0 Å². The fourth-order valence-corrected chi connectivity index (χ4v) is 1.18. The Hall–Kier alpha value is -1.91. The maximum atomic E-state index is 12.9. The summed E-state index contributed by atoms with van der Waals surface area (Å²) >= 11 is 0. The number of rotatable bonds is 3. The van der Waals surface area contributed by atoms with Gasteiger partial charge in [0, 0.05) is 5.56 Å². The van der Waals surface area contributed by atoms with Crippen LogP contribution in [0.2, 0.25) is 0 Å². The van der Waals surface area contributed by atoms with E-state index in [2.05, 4.69) is 5.32 Å². The van der Waals surface area contributed by atoms with E-state index in [1.54, 1.807) is 6.92 Å². The molecule has 5 heteroatoms. The topological polar surface area (TPSA) is 72.2 Å². The predicted octanol–water partition coefficient (Wildman–Crippen LogP) is 0.738.